The van der Waals surface area contributed by atoms with Crippen LogP contribution >= 0.6 is 12.4 Å². The Morgan fingerprint density at radius 3 is 2.47 bits per heavy atom. The van der Waals surface area contributed by atoms with Gasteiger partial charge in [0.2, 0.25) is 5.89 Å². The van der Waals surface area contributed by atoms with Crippen LogP contribution in [-0.2, 0) is 12.0 Å². The average molecular weight is 285 g/mol. The van der Waals surface area contributed by atoms with Gasteiger partial charge in [-0.25, -0.2) is 0 Å². The van der Waals surface area contributed by atoms with Gasteiger partial charge in [-0.15, -0.1) is 12.4 Å². The maximum Gasteiger partial charge on any atom is 0.231 e. The fourth-order valence-corrected chi connectivity index (χ4v) is 2.22. The van der Waals surface area contributed by atoms with Crippen molar-refractivity contribution in [2.75, 3.05) is 0 Å². The molecule has 1 aliphatic carbocycles. The molecule has 19 heavy (non-hydrogen) atoms. The topological polar surface area (TPSA) is 91.0 Å². The molecule has 104 valence electrons. The molecular weight excluding hydrogens is 268 g/mol. The third kappa shape index (κ3) is 2.37. The van der Waals surface area contributed by atoms with E-state index in [2.05, 4.69) is 15.3 Å². The van der Waals surface area contributed by atoms with E-state index >= 15 is 0 Å². The van der Waals surface area contributed by atoms with Gasteiger partial charge in [-0.05, 0) is 33.1 Å². The molecule has 0 aromatic carbocycles. The molecule has 0 unspecified atom stereocenters. The third-order valence-electron chi connectivity index (χ3n) is 3.67. The minimum Gasteiger partial charge on any atom is -0.361 e. The predicted octanol–water partition coefficient (Wildman–Crippen LogP) is 2.02. The Bertz CT molecular complexity index is 555. The Hall–Kier alpha value is -1.40. The Morgan fingerprint density at radius 2 is 1.95 bits per heavy atom. The molecule has 0 bridgehead atoms. The lowest BCUT2D eigenvalue weighted by Crippen LogP contribution is -2.44. The second-order valence-electron chi connectivity index (χ2n) is 5.00. The van der Waals surface area contributed by atoms with Crippen molar-refractivity contribution in [3.63, 3.8) is 0 Å². The molecule has 0 spiro atoms. The molecular formula is C12H17ClN4O2. The van der Waals surface area contributed by atoms with Gasteiger partial charge in [0.25, 0.3) is 0 Å². The largest absolute Gasteiger partial charge is 0.361 e. The normalized spacial score (nSPS) is 16.8. The summed E-state index contributed by atoms with van der Waals surface area (Å²) in [5, 5.41) is 7.89. The first kappa shape index (κ1) is 14.0. The summed E-state index contributed by atoms with van der Waals surface area (Å²) in [6.45, 7) is 3.78. The minimum absolute atomic E-state index is 0. The lowest BCUT2D eigenvalue weighted by atomic mass is 9.77. The van der Waals surface area contributed by atoms with Gasteiger partial charge in [0.05, 0.1) is 17.7 Å². The molecule has 0 atom stereocenters. The van der Waals surface area contributed by atoms with Crippen LogP contribution in [0, 0.1) is 13.8 Å². The molecule has 6 nitrogen and oxygen atoms in total. The number of hydrogen-bond acceptors (Lipinski definition) is 6. The lowest BCUT2D eigenvalue weighted by molar-refractivity contribution is 0.229. The Labute approximate surface area is 117 Å². The Morgan fingerprint density at radius 1 is 1.21 bits per heavy atom. The van der Waals surface area contributed by atoms with Gasteiger partial charge in [0.15, 0.2) is 5.82 Å². The summed E-state index contributed by atoms with van der Waals surface area (Å²) in [5.74, 6) is 1.98. The Kier molecular flexibility index (Phi) is 3.64. The van der Waals surface area contributed by atoms with Crippen molar-refractivity contribution < 1.29 is 9.05 Å². The van der Waals surface area contributed by atoms with Crippen molar-refractivity contribution >= 4 is 12.4 Å². The zero-order valence-electron chi connectivity index (χ0n) is 11.0. The maximum atomic E-state index is 6.15. The van der Waals surface area contributed by atoms with Gasteiger partial charge >= 0.3 is 0 Å². The first-order chi connectivity index (χ1) is 8.58. The van der Waals surface area contributed by atoms with Gasteiger partial charge in [0, 0.05) is 5.56 Å². The van der Waals surface area contributed by atoms with Crippen molar-refractivity contribution in [2.24, 2.45) is 5.73 Å². The number of hydrogen-bond donors (Lipinski definition) is 1. The average Bonchev–Trinajstić information content (AvgIpc) is 2.88. The predicted molar refractivity (Wildman–Crippen MR) is 70.0 cm³/mol. The summed E-state index contributed by atoms with van der Waals surface area (Å²) in [6, 6.07) is 0. The molecule has 3 rings (SSSR count). The van der Waals surface area contributed by atoms with Crippen LogP contribution in [0.2, 0.25) is 0 Å². The summed E-state index contributed by atoms with van der Waals surface area (Å²) in [5.41, 5.74) is 7.64. The SMILES string of the molecule is Cc1noc(C)c1Cc1nc(C2(N)CCC2)no1.Cl. The smallest absolute Gasteiger partial charge is 0.231 e. The van der Waals surface area contributed by atoms with Gasteiger partial charge in [0.1, 0.15) is 5.76 Å². The van der Waals surface area contributed by atoms with Gasteiger partial charge in [-0.2, -0.15) is 4.98 Å². The molecule has 1 aliphatic rings. The van der Waals surface area contributed by atoms with Crippen molar-refractivity contribution in [1.82, 2.24) is 15.3 Å². The van der Waals surface area contributed by atoms with Crippen LogP contribution in [0.15, 0.2) is 9.05 Å². The molecule has 1 fully saturated rings. The number of aryl methyl sites for hydroxylation is 2. The molecule has 0 amide bonds. The summed E-state index contributed by atoms with van der Waals surface area (Å²) < 4.78 is 10.4. The molecule has 2 aromatic heterocycles. The third-order valence-corrected chi connectivity index (χ3v) is 3.67. The van der Waals surface area contributed by atoms with Crippen LogP contribution in [0.25, 0.3) is 0 Å². The van der Waals surface area contributed by atoms with Crippen molar-refractivity contribution in [2.45, 2.75) is 45.1 Å². The molecule has 1 saturated carbocycles. The minimum atomic E-state index is -0.375. The highest BCUT2D eigenvalue weighted by atomic mass is 35.5. The quantitative estimate of drug-likeness (QED) is 0.927. The summed E-state index contributed by atoms with van der Waals surface area (Å²) in [4.78, 5) is 4.39. The van der Waals surface area contributed by atoms with E-state index in [-0.39, 0.29) is 17.9 Å². The van der Waals surface area contributed by atoms with Crippen LogP contribution in [0.4, 0.5) is 0 Å². The fraction of sp³-hybridized carbons (Fsp3) is 0.583. The molecule has 0 saturated heterocycles. The molecule has 2 heterocycles. The molecule has 2 aromatic rings. The van der Waals surface area contributed by atoms with Gasteiger partial charge in [-0.3, -0.25) is 0 Å². The molecule has 7 heteroatoms. The maximum absolute atomic E-state index is 6.15. The molecule has 0 aliphatic heterocycles. The fourth-order valence-electron chi connectivity index (χ4n) is 2.22. The second kappa shape index (κ2) is 4.94. The summed E-state index contributed by atoms with van der Waals surface area (Å²) >= 11 is 0. The standard InChI is InChI=1S/C12H16N4O2.ClH/c1-7-9(8(2)17-15-7)6-10-14-11(16-18-10)12(13)4-3-5-12;/h3-6,13H2,1-2H3;1H. The first-order valence-electron chi connectivity index (χ1n) is 6.12. The van der Waals surface area contributed by atoms with E-state index < -0.39 is 0 Å². The monoisotopic (exact) mass is 284 g/mol. The number of aromatic nitrogens is 3. The van der Waals surface area contributed by atoms with E-state index in [4.69, 9.17) is 14.8 Å². The number of rotatable bonds is 3. The van der Waals surface area contributed by atoms with Gasteiger partial charge in [-0.1, -0.05) is 10.3 Å². The number of nitrogens with zero attached hydrogens (tertiary/aromatic N) is 3. The molecule has 0 radical (unpaired) electrons. The summed E-state index contributed by atoms with van der Waals surface area (Å²) in [7, 11) is 0. The lowest BCUT2D eigenvalue weighted by Gasteiger charge is -2.34. The number of nitrogens with two attached hydrogens (primary N) is 1. The molecule has 2 N–H and O–H groups in total. The zero-order valence-corrected chi connectivity index (χ0v) is 11.8. The van der Waals surface area contributed by atoms with Crippen molar-refractivity contribution in [3.05, 3.63) is 28.7 Å². The summed E-state index contributed by atoms with van der Waals surface area (Å²) in [6.07, 6.45) is 3.53. The van der Waals surface area contributed by atoms with E-state index in [1.807, 2.05) is 13.8 Å². The van der Waals surface area contributed by atoms with Crippen LogP contribution < -0.4 is 5.73 Å². The Balaban J connectivity index is 0.00000133. The first-order valence-corrected chi connectivity index (χ1v) is 6.12. The van der Waals surface area contributed by atoms with Crippen LogP contribution in [0.5, 0.6) is 0 Å². The van der Waals surface area contributed by atoms with Crippen molar-refractivity contribution in [3.8, 4) is 0 Å². The van der Waals surface area contributed by atoms with Crippen LogP contribution in [0.3, 0.4) is 0 Å². The van der Waals surface area contributed by atoms with Crippen molar-refractivity contribution in [1.29, 1.82) is 0 Å². The van der Waals surface area contributed by atoms with Crippen LogP contribution in [-0.4, -0.2) is 15.3 Å². The van der Waals surface area contributed by atoms with E-state index in [9.17, 15) is 0 Å². The van der Waals surface area contributed by atoms with Crippen LogP contribution in [0.1, 0.15) is 48.0 Å². The zero-order chi connectivity index (χ0) is 12.8. The van der Waals surface area contributed by atoms with E-state index in [0.29, 0.717) is 18.1 Å². The van der Waals surface area contributed by atoms with E-state index in [1.54, 1.807) is 0 Å². The second-order valence-corrected chi connectivity index (χ2v) is 5.00. The van der Waals surface area contributed by atoms with Gasteiger partial charge < -0.3 is 14.8 Å². The van der Waals surface area contributed by atoms with E-state index in [0.717, 1.165) is 36.3 Å². The van der Waals surface area contributed by atoms with E-state index in [1.165, 1.54) is 0 Å². The number of halogens is 1. The highest BCUT2D eigenvalue weighted by molar-refractivity contribution is 5.85. The highest BCUT2D eigenvalue weighted by Gasteiger charge is 2.39. The highest BCUT2D eigenvalue weighted by Crippen LogP contribution is 2.37.